The molecule has 3 nitrogen and oxygen atoms in total. The molecule has 8 aromatic carbocycles. The molecule has 0 spiro atoms. The van der Waals surface area contributed by atoms with Gasteiger partial charge in [0.1, 0.15) is 5.69 Å². The molecule has 1 aromatic heterocycles. The molecule has 0 N–H and O–H groups in total. The molecule has 50 heavy (non-hydrogen) atoms. The maximum Gasteiger partial charge on any atom is 0.227 e. The second kappa shape index (κ2) is 11.5. The third-order valence-electron chi connectivity index (χ3n) is 9.85. The van der Waals surface area contributed by atoms with Crippen molar-refractivity contribution in [2.45, 2.75) is 0 Å². The van der Waals surface area contributed by atoms with Crippen LogP contribution in [0.15, 0.2) is 186 Å². The molecule has 0 aliphatic heterocycles. The maximum atomic E-state index is 6.47. The van der Waals surface area contributed by atoms with Crippen LogP contribution in [0.4, 0.5) is 17.1 Å². The topological polar surface area (TPSA) is 29.3 Å². The highest BCUT2D eigenvalue weighted by Crippen LogP contribution is 2.52. The van der Waals surface area contributed by atoms with Gasteiger partial charge >= 0.3 is 0 Å². The fraction of sp³-hybridized carbons (Fsp3) is 0. The Bertz CT molecular complexity index is 2650. The quantitative estimate of drug-likeness (QED) is 0.181. The summed E-state index contributed by atoms with van der Waals surface area (Å²) in [5, 5.41) is 4.81. The van der Waals surface area contributed by atoms with Crippen molar-refractivity contribution >= 4 is 38.6 Å². The van der Waals surface area contributed by atoms with Crippen LogP contribution in [0.1, 0.15) is 0 Å². The summed E-state index contributed by atoms with van der Waals surface area (Å²) in [5.74, 6) is 1.48. The van der Waals surface area contributed by atoms with E-state index >= 15 is 0 Å². The Morgan fingerprint density at radius 1 is 0.420 bits per heavy atom. The van der Waals surface area contributed by atoms with Gasteiger partial charge < -0.3 is 9.32 Å². The summed E-state index contributed by atoms with van der Waals surface area (Å²) in [4.78, 5) is 7.37. The summed E-state index contributed by atoms with van der Waals surface area (Å²) in [6.07, 6.45) is 0. The van der Waals surface area contributed by atoms with Crippen LogP contribution in [0, 0.1) is 0 Å². The molecule has 234 valence electrons. The van der Waals surface area contributed by atoms with Gasteiger partial charge in [0.2, 0.25) is 5.89 Å². The van der Waals surface area contributed by atoms with Crippen molar-refractivity contribution in [3.05, 3.63) is 182 Å². The zero-order chi connectivity index (χ0) is 33.0. The molecule has 1 aliphatic carbocycles. The number of aromatic nitrogens is 1. The summed E-state index contributed by atoms with van der Waals surface area (Å²) in [5.41, 5.74) is 12.1. The molecule has 10 rings (SSSR count). The molecule has 1 aliphatic rings. The second-order valence-corrected chi connectivity index (χ2v) is 12.8. The van der Waals surface area contributed by atoms with E-state index in [1.807, 2.05) is 30.3 Å². The van der Waals surface area contributed by atoms with Gasteiger partial charge in [-0.2, -0.15) is 0 Å². The fourth-order valence-corrected chi connectivity index (χ4v) is 7.39. The molecule has 1 heterocycles. The number of hydrogen-bond acceptors (Lipinski definition) is 3. The van der Waals surface area contributed by atoms with Crippen LogP contribution < -0.4 is 4.90 Å². The van der Waals surface area contributed by atoms with E-state index in [-0.39, 0.29) is 0 Å². The van der Waals surface area contributed by atoms with Crippen LogP contribution in [-0.4, -0.2) is 4.98 Å². The largest absolute Gasteiger partial charge is 0.435 e. The van der Waals surface area contributed by atoms with E-state index in [2.05, 4.69) is 157 Å². The molecule has 9 aromatic rings. The van der Waals surface area contributed by atoms with Gasteiger partial charge in [-0.05, 0) is 87.6 Å². The molecule has 0 bridgehead atoms. The van der Waals surface area contributed by atoms with E-state index in [0.29, 0.717) is 5.89 Å². The Kier molecular flexibility index (Phi) is 6.49. The lowest BCUT2D eigenvalue weighted by Crippen LogP contribution is -2.10. The van der Waals surface area contributed by atoms with E-state index in [0.717, 1.165) is 50.6 Å². The van der Waals surface area contributed by atoms with Gasteiger partial charge in [0.05, 0.1) is 5.69 Å². The molecule has 0 saturated carbocycles. The van der Waals surface area contributed by atoms with Crippen LogP contribution in [-0.2, 0) is 0 Å². The van der Waals surface area contributed by atoms with Crippen LogP contribution in [0.3, 0.4) is 0 Å². The molecule has 0 fully saturated rings. The number of oxazole rings is 1. The molecule has 0 radical (unpaired) electrons. The molecule has 3 heteroatoms. The molecule has 0 atom stereocenters. The van der Waals surface area contributed by atoms with Crippen LogP contribution >= 0.6 is 0 Å². The third-order valence-corrected chi connectivity index (χ3v) is 9.85. The first-order valence-corrected chi connectivity index (χ1v) is 17.0. The van der Waals surface area contributed by atoms with E-state index in [4.69, 9.17) is 9.40 Å². The average Bonchev–Trinajstić information content (AvgIpc) is 3.76. The highest BCUT2D eigenvalue weighted by atomic mass is 16.4. The first kappa shape index (κ1) is 28.3. The van der Waals surface area contributed by atoms with E-state index in [1.165, 1.54) is 38.4 Å². The van der Waals surface area contributed by atoms with Gasteiger partial charge in [0, 0.05) is 38.8 Å². The van der Waals surface area contributed by atoms with Crippen molar-refractivity contribution in [3.8, 4) is 56.3 Å². The zero-order valence-electron chi connectivity index (χ0n) is 27.1. The number of benzene rings is 8. The Balaban J connectivity index is 1.10. The summed E-state index contributed by atoms with van der Waals surface area (Å²) < 4.78 is 6.47. The predicted molar refractivity (Wildman–Crippen MR) is 207 cm³/mol. The Morgan fingerprint density at radius 3 is 1.74 bits per heavy atom. The van der Waals surface area contributed by atoms with Gasteiger partial charge in [-0.15, -0.1) is 0 Å². The summed E-state index contributed by atoms with van der Waals surface area (Å²) in [6.45, 7) is 0. The monoisotopic (exact) mass is 638 g/mol. The minimum Gasteiger partial charge on any atom is -0.435 e. The van der Waals surface area contributed by atoms with Gasteiger partial charge in [-0.25, -0.2) is 4.98 Å². The summed E-state index contributed by atoms with van der Waals surface area (Å²) in [7, 11) is 0. The number of hydrogen-bond donors (Lipinski definition) is 0. The lowest BCUT2D eigenvalue weighted by molar-refractivity contribution is 0.590. The molecule has 0 unspecified atom stereocenters. The minimum absolute atomic E-state index is 0.647. The Morgan fingerprint density at radius 2 is 1.02 bits per heavy atom. The lowest BCUT2D eigenvalue weighted by atomic mass is 9.99. The van der Waals surface area contributed by atoms with Crippen LogP contribution in [0.2, 0.25) is 0 Å². The highest BCUT2D eigenvalue weighted by molar-refractivity contribution is 6.17. The third kappa shape index (κ3) is 4.63. The summed E-state index contributed by atoms with van der Waals surface area (Å²) >= 11 is 0. The van der Waals surface area contributed by atoms with Crippen LogP contribution in [0.5, 0.6) is 0 Å². The predicted octanol–water partition coefficient (Wildman–Crippen LogP) is 13.1. The van der Waals surface area contributed by atoms with Crippen molar-refractivity contribution in [2.24, 2.45) is 0 Å². The van der Waals surface area contributed by atoms with Gasteiger partial charge in [-0.3, -0.25) is 0 Å². The zero-order valence-corrected chi connectivity index (χ0v) is 27.1. The molecule has 0 saturated heterocycles. The second-order valence-electron chi connectivity index (χ2n) is 12.8. The van der Waals surface area contributed by atoms with E-state index in [1.54, 1.807) is 0 Å². The first-order chi connectivity index (χ1) is 24.8. The van der Waals surface area contributed by atoms with E-state index < -0.39 is 0 Å². The first-order valence-electron chi connectivity index (χ1n) is 17.0. The van der Waals surface area contributed by atoms with Crippen molar-refractivity contribution in [1.29, 1.82) is 0 Å². The van der Waals surface area contributed by atoms with Gasteiger partial charge in [0.15, 0.2) is 5.76 Å². The SMILES string of the molecule is c1ccc(-c2ccc(N(c3ccc(-c4ccc5ccccc5c4)cc3)c3ccc4c5c(cccc35)-c3oc(-c5ccccc5)nc3-4)cc2)cc1. The minimum atomic E-state index is 0.647. The summed E-state index contributed by atoms with van der Waals surface area (Å²) in [6, 6.07) is 64.6. The van der Waals surface area contributed by atoms with Crippen molar-refractivity contribution < 1.29 is 4.42 Å². The fourth-order valence-electron chi connectivity index (χ4n) is 7.39. The number of rotatable bonds is 6. The normalized spacial score (nSPS) is 11.6. The molecule has 0 amide bonds. The highest BCUT2D eigenvalue weighted by Gasteiger charge is 2.30. The van der Waals surface area contributed by atoms with Crippen molar-refractivity contribution in [2.75, 3.05) is 4.90 Å². The van der Waals surface area contributed by atoms with Gasteiger partial charge in [-0.1, -0.05) is 127 Å². The van der Waals surface area contributed by atoms with E-state index in [9.17, 15) is 0 Å². The lowest BCUT2D eigenvalue weighted by Gasteiger charge is -2.27. The van der Waals surface area contributed by atoms with Crippen molar-refractivity contribution in [1.82, 2.24) is 4.98 Å². The van der Waals surface area contributed by atoms with Crippen LogP contribution in [0.25, 0.3) is 77.8 Å². The number of nitrogens with zero attached hydrogens (tertiary/aromatic N) is 2. The Labute approximate surface area is 290 Å². The number of fused-ring (bicyclic) bond motifs is 4. The Hall–Kier alpha value is -6.71. The number of anilines is 3. The molecular weight excluding hydrogens is 609 g/mol. The van der Waals surface area contributed by atoms with Crippen molar-refractivity contribution in [3.63, 3.8) is 0 Å². The molecular formula is C47H30N2O. The maximum absolute atomic E-state index is 6.47. The smallest absolute Gasteiger partial charge is 0.227 e. The van der Waals surface area contributed by atoms with Gasteiger partial charge in [0.25, 0.3) is 0 Å². The standard InChI is InChI=1S/C47H30N2O/c1-3-10-31(11-4-1)33-20-24-38(25-21-33)49(39-26-22-34(23-27-39)37-19-18-32-12-7-8-15-36(32)30-37)43-29-28-41-44-40(43)16-9-17-42(44)46-45(41)48-47(50-46)35-13-5-2-6-14-35/h1-30H. The average molecular weight is 639 g/mol.